The molecule has 2 aromatic rings. The summed E-state index contributed by atoms with van der Waals surface area (Å²) in [5, 5.41) is 0. The molecular formula is C19H22BrCl2NS2. The van der Waals surface area contributed by atoms with Crippen molar-refractivity contribution in [2.45, 2.75) is 37.8 Å². The lowest BCUT2D eigenvalue weighted by atomic mass is 9.87. The SMILES string of the molecule is C[N+]1(C)[C@H]2CC[C@H]1CC(C=C(c1ccc(Cl)s1)c1ccc(Cl)s1)C2.[Br-]. The number of fused-ring (bicyclic) bond motifs is 2. The van der Waals surface area contributed by atoms with Crippen LogP contribution in [0.15, 0.2) is 30.3 Å². The largest absolute Gasteiger partial charge is 1.00 e. The predicted molar refractivity (Wildman–Crippen MR) is 107 cm³/mol. The minimum absolute atomic E-state index is 0. The highest BCUT2D eigenvalue weighted by Crippen LogP contribution is 2.45. The van der Waals surface area contributed by atoms with E-state index < -0.39 is 0 Å². The Bertz CT molecular complexity index is 722. The van der Waals surface area contributed by atoms with Gasteiger partial charge in [-0.3, -0.25) is 0 Å². The second kappa shape index (κ2) is 7.65. The zero-order valence-corrected chi connectivity index (χ0v) is 19.1. The van der Waals surface area contributed by atoms with E-state index in [-0.39, 0.29) is 17.0 Å². The van der Waals surface area contributed by atoms with Crippen LogP contribution in [0.3, 0.4) is 0 Å². The van der Waals surface area contributed by atoms with Crippen molar-refractivity contribution in [3.63, 3.8) is 0 Å². The Kier molecular flexibility index (Phi) is 6.09. The van der Waals surface area contributed by atoms with Gasteiger partial charge < -0.3 is 21.5 Å². The third kappa shape index (κ3) is 3.90. The first-order valence-electron chi connectivity index (χ1n) is 8.50. The lowest BCUT2D eigenvalue weighted by Crippen LogP contribution is -3.00. The van der Waals surface area contributed by atoms with E-state index in [2.05, 4.69) is 32.3 Å². The molecule has 1 nitrogen and oxygen atoms in total. The molecule has 0 amide bonds. The lowest BCUT2D eigenvalue weighted by molar-refractivity contribution is -0.931. The Balaban J connectivity index is 0.00000182. The van der Waals surface area contributed by atoms with Crippen LogP contribution in [0.5, 0.6) is 0 Å². The van der Waals surface area contributed by atoms with Gasteiger partial charge in [0.25, 0.3) is 0 Å². The molecule has 0 saturated carbocycles. The first-order chi connectivity index (χ1) is 11.4. The van der Waals surface area contributed by atoms with E-state index in [0.29, 0.717) is 5.92 Å². The third-order valence-electron chi connectivity index (χ3n) is 5.94. The maximum absolute atomic E-state index is 6.20. The molecule has 136 valence electrons. The van der Waals surface area contributed by atoms with Crippen LogP contribution in [0.4, 0.5) is 0 Å². The summed E-state index contributed by atoms with van der Waals surface area (Å²) in [6.07, 6.45) is 7.87. The number of hydrogen-bond acceptors (Lipinski definition) is 2. The van der Waals surface area contributed by atoms with Gasteiger partial charge >= 0.3 is 0 Å². The second-order valence-corrected chi connectivity index (χ2v) is 11.0. The molecule has 0 N–H and O–H groups in total. The topological polar surface area (TPSA) is 0 Å². The molecule has 6 heteroatoms. The molecule has 0 spiro atoms. The minimum Gasteiger partial charge on any atom is -1.00 e. The van der Waals surface area contributed by atoms with Gasteiger partial charge in [-0.05, 0) is 30.2 Å². The summed E-state index contributed by atoms with van der Waals surface area (Å²) in [7, 11) is 4.84. The van der Waals surface area contributed by atoms with Gasteiger partial charge in [-0.2, -0.15) is 0 Å². The Morgan fingerprint density at radius 2 is 1.44 bits per heavy atom. The van der Waals surface area contributed by atoms with Gasteiger partial charge in [0.05, 0.1) is 34.9 Å². The van der Waals surface area contributed by atoms with Crippen LogP contribution in [0.2, 0.25) is 8.67 Å². The first kappa shape index (κ1) is 19.9. The van der Waals surface area contributed by atoms with Crippen molar-refractivity contribution >= 4 is 51.4 Å². The molecule has 2 aromatic heterocycles. The van der Waals surface area contributed by atoms with Gasteiger partial charge in [-0.1, -0.05) is 29.3 Å². The summed E-state index contributed by atoms with van der Waals surface area (Å²) in [5.41, 5.74) is 1.32. The number of nitrogens with zero attached hydrogens (tertiary/aromatic N) is 1. The summed E-state index contributed by atoms with van der Waals surface area (Å²) < 4.78 is 2.91. The lowest BCUT2D eigenvalue weighted by Gasteiger charge is -2.43. The monoisotopic (exact) mass is 477 g/mol. The van der Waals surface area contributed by atoms with Gasteiger partial charge in [0, 0.05) is 41.0 Å². The standard InChI is InChI=1S/C19H22Cl2NS2.BrH/c1-22(2)13-3-4-14(22)10-12(9-13)11-15(16-5-7-18(20)23-16)17-6-8-19(21)24-17;/h5-8,11-14H,3-4,9-10H2,1-2H3;1H/q+1;/p-1/t13-,14-;/m0./s1. The van der Waals surface area contributed by atoms with Crippen molar-refractivity contribution in [1.29, 1.82) is 0 Å². The average molecular weight is 479 g/mol. The highest BCUT2D eigenvalue weighted by atomic mass is 79.9. The fourth-order valence-electron chi connectivity index (χ4n) is 4.50. The van der Waals surface area contributed by atoms with E-state index in [1.165, 1.54) is 45.5 Å². The molecule has 4 heterocycles. The van der Waals surface area contributed by atoms with Crippen LogP contribution < -0.4 is 17.0 Å². The Morgan fingerprint density at radius 1 is 0.960 bits per heavy atom. The van der Waals surface area contributed by atoms with Gasteiger partial charge in [-0.15, -0.1) is 22.7 Å². The van der Waals surface area contributed by atoms with E-state index in [1.54, 1.807) is 22.7 Å². The molecular weight excluding hydrogens is 457 g/mol. The Morgan fingerprint density at radius 3 is 1.84 bits per heavy atom. The number of halogens is 3. The molecule has 0 aliphatic carbocycles. The zero-order chi connectivity index (χ0) is 16.9. The summed E-state index contributed by atoms with van der Waals surface area (Å²) in [4.78, 5) is 2.51. The molecule has 0 radical (unpaired) electrons. The highest BCUT2D eigenvalue weighted by molar-refractivity contribution is 7.19. The third-order valence-corrected chi connectivity index (χ3v) is 8.47. The van der Waals surface area contributed by atoms with Gasteiger partial charge in [0.15, 0.2) is 0 Å². The molecule has 2 saturated heterocycles. The van der Waals surface area contributed by atoms with Crippen LogP contribution >= 0.6 is 45.9 Å². The summed E-state index contributed by atoms with van der Waals surface area (Å²) in [5.74, 6) is 0.658. The van der Waals surface area contributed by atoms with Crippen LogP contribution in [0.1, 0.15) is 35.4 Å². The number of thiophene rings is 2. The molecule has 2 atom stereocenters. The fraction of sp³-hybridized carbons (Fsp3) is 0.474. The van der Waals surface area contributed by atoms with Gasteiger partial charge in [0.1, 0.15) is 0 Å². The molecule has 0 aromatic carbocycles. The molecule has 2 fully saturated rings. The van der Waals surface area contributed by atoms with Crippen molar-refractivity contribution in [2.75, 3.05) is 14.1 Å². The van der Waals surface area contributed by atoms with Crippen molar-refractivity contribution in [2.24, 2.45) is 5.92 Å². The van der Waals surface area contributed by atoms with E-state index in [0.717, 1.165) is 20.8 Å². The fourth-order valence-corrected chi connectivity index (χ4v) is 6.73. The summed E-state index contributed by atoms with van der Waals surface area (Å²) in [6, 6.07) is 9.90. The second-order valence-electron chi connectivity index (χ2n) is 7.53. The maximum Gasteiger partial charge on any atom is 0.0934 e. The van der Waals surface area contributed by atoms with Gasteiger partial charge in [-0.25, -0.2) is 0 Å². The van der Waals surface area contributed by atoms with E-state index in [9.17, 15) is 0 Å². The highest BCUT2D eigenvalue weighted by Gasteiger charge is 2.48. The van der Waals surface area contributed by atoms with E-state index in [4.69, 9.17) is 23.2 Å². The van der Waals surface area contributed by atoms with Crippen molar-refractivity contribution in [3.8, 4) is 0 Å². The Labute approximate surface area is 178 Å². The normalized spacial score (nSPS) is 27.0. The molecule has 2 aliphatic rings. The molecule has 4 rings (SSSR count). The zero-order valence-electron chi connectivity index (χ0n) is 14.3. The predicted octanol–water partition coefficient (Wildman–Crippen LogP) is 3.57. The summed E-state index contributed by atoms with van der Waals surface area (Å²) in [6.45, 7) is 0. The molecule has 2 aliphatic heterocycles. The van der Waals surface area contributed by atoms with Crippen LogP contribution in [-0.4, -0.2) is 30.7 Å². The van der Waals surface area contributed by atoms with E-state index >= 15 is 0 Å². The number of allylic oxidation sites excluding steroid dienone is 1. The molecule has 25 heavy (non-hydrogen) atoms. The van der Waals surface area contributed by atoms with Crippen LogP contribution in [-0.2, 0) is 0 Å². The molecule has 2 bridgehead atoms. The minimum atomic E-state index is 0. The number of rotatable bonds is 3. The average Bonchev–Trinajstić information content (AvgIpc) is 3.15. The quantitative estimate of drug-likeness (QED) is 0.591. The first-order valence-corrected chi connectivity index (χ1v) is 10.9. The molecule has 0 unspecified atom stereocenters. The van der Waals surface area contributed by atoms with E-state index in [1.807, 2.05) is 12.1 Å². The van der Waals surface area contributed by atoms with Crippen molar-refractivity contribution < 1.29 is 21.5 Å². The Hall–Kier alpha value is 0.160. The van der Waals surface area contributed by atoms with Crippen molar-refractivity contribution in [3.05, 3.63) is 48.8 Å². The maximum atomic E-state index is 6.20. The number of piperidine rings is 1. The van der Waals surface area contributed by atoms with Crippen LogP contribution in [0, 0.1) is 5.92 Å². The smallest absolute Gasteiger partial charge is 0.0934 e. The van der Waals surface area contributed by atoms with Crippen LogP contribution in [0.25, 0.3) is 5.57 Å². The van der Waals surface area contributed by atoms with Gasteiger partial charge in [0.2, 0.25) is 0 Å². The van der Waals surface area contributed by atoms with Crippen molar-refractivity contribution in [1.82, 2.24) is 0 Å². The number of quaternary nitrogens is 1. The summed E-state index contributed by atoms with van der Waals surface area (Å²) >= 11 is 15.7. The number of hydrogen-bond donors (Lipinski definition) is 0.